The van der Waals surface area contributed by atoms with Crippen LogP contribution >= 0.6 is 82.9 Å². The highest BCUT2D eigenvalue weighted by Crippen LogP contribution is 2.40. The van der Waals surface area contributed by atoms with Gasteiger partial charge in [0, 0.05) is 23.0 Å². The Labute approximate surface area is 267 Å². The van der Waals surface area contributed by atoms with E-state index in [4.69, 9.17) is 4.74 Å². The number of rotatable bonds is 19. The number of nitrogens with one attached hydrogen (secondary N) is 4. The Kier molecular flexibility index (Phi) is 18.0. The van der Waals surface area contributed by atoms with Gasteiger partial charge < -0.3 is 35.1 Å². The fourth-order valence-corrected chi connectivity index (χ4v) is 7.27. The van der Waals surface area contributed by atoms with Crippen LogP contribution in [0.25, 0.3) is 0 Å². The van der Waals surface area contributed by atoms with Gasteiger partial charge in [-0.2, -0.15) is 25.3 Å². The monoisotopic (exact) mass is 708 g/mol. The van der Waals surface area contributed by atoms with Crippen LogP contribution in [-0.2, 0) is 28.7 Å². The summed E-state index contributed by atoms with van der Waals surface area (Å²) in [6.45, 7) is 0. The zero-order valence-electron chi connectivity index (χ0n) is 21.4. The summed E-state index contributed by atoms with van der Waals surface area (Å²) >= 11 is 13.1. The smallest absolute Gasteiger partial charge is 0.329 e. The van der Waals surface area contributed by atoms with E-state index in [2.05, 4.69) is 62.7 Å². The first kappa shape index (κ1) is 37.6. The molecule has 1 aromatic rings. The molecule has 1 heterocycles. The predicted octanol–water partition coefficient (Wildman–Crippen LogP) is 0.0780. The van der Waals surface area contributed by atoms with Crippen LogP contribution in [0.5, 0.6) is 11.5 Å². The number of thiol groups is 3. The van der Waals surface area contributed by atoms with Crippen molar-refractivity contribution in [3.05, 3.63) is 9.75 Å². The molecule has 0 spiro atoms. The number of ether oxygens (including phenoxy) is 2. The Morgan fingerprint density at radius 3 is 1.80 bits per heavy atom. The van der Waals surface area contributed by atoms with Crippen molar-refractivity contribution in [2.24, 2.45) is 0 Å². The van der Waals surface area contributed by atoms with Crippen molar-refractivity contribution in [3.63, 3.8) is 0 Å². The molecule has 230 valence electrons. The third kappa shape index (κ3) is 12.0. The number of aromatic hydroxyl groups is 2. The first-order valence-corrected chi connectivity index (χ1v) is 16.9. The van der Waals surface area contributed by atoms with Crippen molar-refractivity contribution >= 4 is 118 Å². The molecule has 0 aliphatic heterocycles. The average molecular weight is 709 g/mol. The number of amides is 2. The minimum absolute atomic E-state index is 0.0148. The van der Waals surface area contributed by atoms with Crippen LogP contribution in [0.15, 0.2) is 0 Å². The number of esters is 2. The molecule has 0 saturated carbocycles. The quantitative estimate of drug-likeness (QED) is 0.0233. The first-order chi connectivity index (χ1) is 19.4. The summed E-state index contributed by atoms with van der Waals surface area (Å²) in [5.74, 6) is -5.24. The standard InChI is InChI=1S/C20H28N4O10S7/c1-33-18(30)10(6-38-24-9(5-36)20(32)37)21-16(28)14-12(26)13(27)15(40-14)17(29)22-11(19(31)34-2)7-39-41-23-8(3-25)4-35/h3,8-11,23-24,26-27,35-36H,4-7H2,1-2H3,(H,21,28)(H,22,29)(H,32,37)/t8-,9+,10?,11?/m1/s1. The molecular weight excluding hydrogens is 681 g/mol. The van der Waals surface area contributed by atoms with E-state index in [1.165, 1.54) is 0 Å². The molecule has 0 aliphatic rings. The normalized spacial score (nSPS) is 13.8. The van der Waals surface area contributed by atoms with Gasteiger partial charge in [0.1, 0.15) is 28.1 Å². The Bertz CT molecular complexity index is 1090. The van der Waals surface area contributed by atoms with Crippen LogP contribution in [0.4, 0.5) is 0 Å². The highest BCUT2D eigenvalue weighted by atomic mass is 33.1. The summed E-state index contributed by atoms with van der Waals surface area (Å²) in [5.41, 5.74) is 0. The molecule has 21 heteroatoms. The van der Waals surface area contributed by atoms with Gasteiger partial charge in [0.2, 0.25) is 5.12 Å². The summed E-state index contributed by atoms with van der Waals surface area (Å²) in [6.07, 6.45) is 0.660. The minimum atomic E-state index is -1.25. The molecule has 2 amide bonds. The van der Waals surface area contributed by atoms with E-state index >= 15 is 0 Å². The van der Waals surface area contributed by atoms with Crippen LogP contribution in [0.2, 0.25) is 0 Å². The molecule has 0 fully saturated rings. The second-order valence-electron chi connectivity index (χ2n) is 7.47. The molecule has 1 aromatic heterocycles. The molecule has 0 aliphatic carbocycles. The fourth-order valence-electron chi connectivity index (χ4n) is 2.49. The SMILES string of the molecule is COC(=O)C(CSN[C@@H](CS)C(=O)S)NC(=O)c1sc(C(=O)NC(CSSN[C@H](C=O)CS)C(=O)OC)c(O)c1O. The molecule has 2 unspecified atom stereocenters. The zero-order chi connectivity index (χ0) is 31.1. The van der Waals surface area contributed by atoms with Crippen LogP contribution < -0.4 is 20.1 Å². The van der Waals surface area contributed by atoms with Crippen LogP contribution in [0.3, 0.4) is 0 Å². The van der Waals surface area contributed by atoms with Gasteiger partial charge in [-0.25, -0.2) is 14.3 Å². The maximum absolute atomic E-state index is 12.9. The van der Waals surface area contributed by atoms with E-state index in [1.807, 2.05) is 0 Å². The van der Waals surface area contributed by atoms with Gasteiger partial charge in [-0.05, 0) is 11.0 Å². The summed E-state index contributed by atoms with van der Waals surface area (Å²) in [6, 6.07) is -3.72. The molecule has 14 nitrogen and oxygen atoms in total. The number of aldehydes is 1. The minimum Gasteiger partial charge on any atom is -0.503 e. The van der Waals surface area contributed by atoms with E-state index in [1.54, 1.807) is 0 Å². The molecule has 4 atom stereocenters. The lowest BCUT2D eigenvalue weighted by Crippen LogP contribution is -2.44. The van der Waals surface area contributed by atoms with E-state index < -0.39 is 74.3 Å². The lowest BCUT2D eigenvalue weighted by atomic mass is 10.2. The highest BCUT2D eigenvalue weighted by molar-refractivity contribution is 8.76. The van der Waals surface area contributed by atoms with Crippen LogP contribution in [0.1, 0.15) is 19.3 Å². The van der Waals surface area contributed by atoms with Crippen LogP contribution in [-0.4, -0.2) is 107 Å². The number of thiophene rings is 1. The summed E-state index contributed by atoms with van der Waals surface area (Å²) in [5, 5.41) is 24.9. The van der Waals surface area contributed by atoms with Crippen molar-refractivity contribution < 1.29 is 48.5 Å². The third-order valence-corrected chi connectivity index (χ3v) is 9.89. The second-order valence-corrected chi connectivity index (χ2v) is 12.7. The Morgan fingerprint density at radius 1 is 0.878 bits per heavy atom. The maximum atomic E-state index is 12.9. The van der Waals surface area contributed by atoms with Gasteiger partial charge in [-0.15, -0.1) is 24.0 Å². The van der Waals surface area contributed by atoms with Gasteiger partial charge >= 0.3 is 11.9 Å². The van der Waals surface area contributed by atoms with Crippen molar-refractivity contribution in [2.45, 2.75) is 24.2 Å². The Morgan fingerprint density at radius 2 is 1.39 bits per heavy atom. The van der Waals surface area contributed by atoms with Crippen LogP contribution in [0, 0.1) is 0 Å². The van der Waals surface area contributed by atoms with Crippen molar-refractivity contribution in [1.29, 1.82) is 0 Å². The van der Waals surface area contributed by atoms with E-state index in [0.29, 0.717) is 17.6 Å². The summed E-state index contributed by atoms with van der Waals surface area (Å²) in [7, 11) is 4.33. The summed E-state index contributed by atoms with van der Waals surface area (Å²) in [4.78, 5) is 71.4. The topological polar surface area (TPSA) is 209 Å². The third-order valence-electron chi connectivity index (χ3n) is 4.66. The van der Waals surface area contributed by atoms with Gasteiger partial charge in [-0.3, -0.25) is 19.1 Å². The number of carbonyl (C=O) groups is 6. The number of hydrogen-bond donors (Lipinski definition) is 9. The average Bonchev–Trinajstić information content (AvgIpc) is 3.26. The Balaban J connectivity index is 2.97. The lowest BCUT2D eigenvalue weighted by molar-refractivity contribution is -0.143. The van der Waals surface area contributed by atoms with E-state index in [-0.39, 0.29) is 23.0 Å². The van der Waals surface area contributed by atoms with E-state index in [9.17, 15) is 39.0 Å². The molecular formula is C20H28N4O10S7. The van der Waals surface area contributed by atoms with Crippen molar-refractivity contribution in [3.8, 4) is 11.5 Å². The largest absolute Gasteiger partial charge is 0.503 e. The van der Waals surface area contributed by atoms with Gasteiger partial charge in [0.15, 0.2) is 11.5 Å². The molecule has 0 saturated heterocycles. The summed E-state index contributed by atoms with van der Waals surface area (Å²) < 4.78 is 14.9. The predicted molar refractivity (Wildman–Crippen MR) is 168 cm³/mol. The maximum Gasteiger partial charge on any atom is 0.329 e. The van der Waals surface area contributed by atoms with Crippen molar-refractivity contribution in [1.82, 2.24) is 20.1 Å². The van der Waals surface area contributed by atoms with Gasteiger partial charge in [-0.1, -0.05) is 22.7 Å². The van der Waals surface area contributed by atoms with Crippen molar-refractivity contribution in [2.75, 3.05) is 37.2 Å². The zero-order valence-corrected chi connectivity index (χ0v) is 27.3. The number of methoxy groups -OCH3 is 2. The van der Waals surface area contributed by atoms with Gasteiger partial charge in [0.05, 0.1) is 26.3 Å². The fraction of sp³-hybridized carbons (Fsp3) is 0.500. The molecule has 0 aromatic carbocycles. The number of carbonyl (C=O) groups excluding carboxylic acids is 6. The molecule has 0 radical (unpaired) electrons. The molecule has 6 N–H and O–H groups in total. The lowest BCUT2D eigenvalue weighted by Gasteiger charge is -2.17. The molecule has 0 bridgehead atoms. The Hall–Kier alpha value is -1.46. The van der Waals surface area contributed by atoms with E-state index in [0.717, 1.165) is 47.9 Å². The second kappa shape index (κ2) is 19.7. The molecule has 41 heavy (non-hydrogen) atoms. The highest BCUT2D eigenvalue weighted by Gasteiger charge is 2.32. The van der Waals surface area contributed by atoms with Gasteiger partial charge in [0.25, 0.3) is 11.8 Å². The molecule has 1 rings (SSSR count). The first-order valence-electron chi connectivity index (χ1n) is 11.1. The number of hydrogen-bond acceptors (Lipinski definition) is 18.